The number of aryl methyl sites for hydroxylation is 2. The van der Waals surface area contributed by atoms with Gasteiger partial charge >= 0.3 is 5.97 Å². The molecule has 0 bridgehead atoms. The lowest BCUT2D eigenvalue weighted by Gasteiger charge is -2.36. The van der Waals surface area contributed by atoms with Crippen LogP contribution in [0.5, 0.6) is 0 Å². The molecule has 2 saturated heterocycles. The summed E-state index contributed by atoms with van der Waals surface area (Å²) in [6.45, 7) is 12.5. The molecular formula is C20H30N2O4S. The number of piperazine rings is 1. The summed E-state index contributed by atoms with van der Waals surface area (Å²) in [5.41, 5.74) is 2.70. The van der Waals surface area contributed by atoms with Crippen molar-refractivity contribution >= 4 is 16.0 Å². The van der Waals surface area contributed by atoms with E-state index in [0.29, 0.717) is 44.1 Å². The fourth-order valence-electron chi connectivity index (χ4n) is 3.99. The zero-order valence-electron chi connectivity index (χ0n) is 16.9. The van der Waals surface area contributed by atoms with Gasteiger partial charge in [-0.1, -0.05) is 32.9 Å². The molecule has 6 nitrogen and oxygen atoms in total. The maximum Gasteiger partial charge on any atom is 0.323 e. The molecule has 0 saturated carbocycles. The molecule has 3 rings (SSSR count). The molecular weight excluding hydrogens is 364 g/mol. The van der Waals surface area contributed by atoms with Crippen molar-refractivity contribution in [3.05, 3.63) is 28.8 Å². The Hall–Kier alpha value is -1.44. The van der Waals surface area contributed by atoms with Crippen LogP contribution in [0.25, 0.3) is 0 Å². The highest BCUT2D eigenvalue weighted by atomic mass is 32.2. The molecule has 2 aliphatic heterocycles. The van der Waals surface area contributed by atoms with Crippen molar-refractivity contribution < 1.29 is 17.9 Å². The summed E-state index contributed by atoms with van der Waals surface area (Å²) >= 11 is 0. The molecule has 0 aliphatic carbocycles. The Morgan fingerprint density at radius 3 is 2.04 bits per heavy atom. The molecule has 0 N–H and O–H groups in total. The van der Waals surface area contributed by atoms with Gasteiger partial charge in [0.25, 0.3) is 0 Å². The second kappa shape index (κ2) is 7.18. The minimum atomic E-state index is -3.56. The van der Waals surface area contributed by atoms with Gasteiger partial charge in [0, 0.05) is 32.6 Å². The van der Waals surface area contributed by atoms with Crippen molar-refractivity contribution in [3.63, 3.8) is 0 Å². The standard InChI is InChI=1S/C20H30N2O4S/c1-14-12-16(20(3,4)5)13-15(2)18(14)27(24,25)22-9-7-21(8-10-22)17-6-11-26-19(17)23/h12-13,17H,6-11H2,1-5H3/t17-/m0/s1. The number of carbonyl (C=O) groups is 1. The number of carbonyl (C=O) groups excluding carboxylic acids is 1. The highest BCUT2D eigenvalue weighted by Gasteiger charge is 2.37. The van der Waals surface area contributed by atoms with Gasteiger partial charge in [-0.2, -0.15) is 4.31 Å². The summed E-state index contributed by atoms with van der Waals surface area (Å²) in [5, 5.41) is 0. The topological polar surface area (TPSA) is 66.9 Å². The smallest absolute Gasteiger partial charge is 0.323 e. The zero-order valence-corrected chi connectivity index (χ0v) is 17.7. The first kappa shape index (κ1) is 20.3. The Morgan fingerprint density at radius 1 is 1.04 bits per heavy atom. The molecule has 0 spiro atoms. The van der Waals surface area contributed by atoms with Crippen LogP contribution < -0.4 is 0 Å². The largest absolute Gasteiger partial charge is 0.464 e. The van der Waals surface area contributed by atoms with Crippen molar-refractivity contribution in [2.45, 2.75) is 57.4 Å². The van der Waals surface area contributed by atoms with E-state index in [2.05, 4.69) is 20.8 Å². The van der Waals surface area contributed by atoms with Crippen LogP contribution >= 0.6 is 0 Å². The Bertz CT molecular complexity index is 811. The number of sulfonamides is 1. The molecule has 2 heterocycles. The van der Waals surface area contributed by atoms with Gasteiger partial charge in [-0.3, -0.25) is 9.69 Å². The summed E-state index contributed by atoms with van der Waals surface area (Å²) in [6, 6.07) is 3.76. The molecule has 2 aliphatic rings. The summed E-state index contributed by atoms with van der Waals surface area (Å²) in [4.78, 5) is 14.2. The third kappa shape index (κ3) is 3.91. The number of hydrogen-bond donors (Lipinski definition) is 0. The molecule has 7 heteroatoms. The predicted octanol–water partition coefficient (Wildman–Crippen LogP) is 2.22. The SMILES string of the molecule is Cc1cc(C(C)(C)C)cc(C)c1S(=O)(=O)N1CCN([C@H]2CCOC2=O)CC1. The second-order valence-corrected chi connectivity index (χ2v) is 10.5. The predicted molar refractivity (Wildman–Crippen MR) is 104 cm³/mol. The Balaban J connectivity index is 1.81. The van der Waals surface area contributed by atoms with E-state index in [1.54, 1.807) is 4.31 Å². The lowest BCUT2D eigenvalue weighted by Crippen LogP contribution is -2.53. The normalized spacial score (nSPS) is 22.9. The van der Waals surface area contributed by atoms with E-state index in [4.69, 9.17) is 4.74 Å². The molecule has 1 aromatic carbocycles. The van der Waals surface area contributed by atoms with E-state index in [-0.39, 0.29) is 17.4 Å². The van der Waals surface area contributed by atoms with Gasteiger partial charge in [-0.25, -0.2) is 8.42 Å². The van der Waals surface area contributed by atoms with Gasteiger partial charge in [-0.15, -0.1) is 0 Å². The van der Waals surface area contributed by atoms with E-state index in [9.17, 15) is 13.2 Å². The van der Waals surface area contributed by atoms with Crippen LogP contribution in [-0.2, 0) is 25.0 Å². The van der Waals surface area contributed by atoms with Crippen molar-refractivity contribution in [3.8, 4) is 0 Å². The summed E-state index contributed by atoms with van der Waals surface area (Å²) in [5.74, 6) is -0.184. The van der Waals surface area contributed by atoms with Crippen molar-refractivity contribution in [1.82, 2.24) is 9.21 Å². The van der Waals surface area contributed by atoms with E-state index in [0.717, 1.165) is 16.7 Å². The summed E-state index contributed by atoms with van der Waals surface area (Å²) < 4.78 is 33.2. The first-order chi connectivity index (χ1) is 12.5. The van der Waals surface area contributed by atoms with Gasteiger partial charge in [0.2, 0.25) is 10.0 Å². The fourth-order valence-corrected chi connectivity index (χ4v) is 5.83. The maximum absolute atomic E-state index is 13.3. The number of nitrogens with zero attached hydrogens (tertiary/aromatic N) is 2. The molecule has 0 unspecified atom stereocenters. The quantitative estimate of drug-likeness (QED) is 0.736. The number of ether oxygens (including phenoxy) is 1. The van der Waals surface area contributed by atoms with Gasteiger partial charge in [0.05, 0.1) is 11.5 Å². The Morgan fingerprint density at radius 2 is 1.59 bits per heavy atom. The number of esters is 1. The van der Waals surface area contributed by atoms with Crippen molar-refractivity contribution in [2.24, 2.45) is 0 Å². The first-order valence-electron chi connectivity index (χ1n) is 9.54. The first-order valence-corrected chi connectivity index (χ1v) is 11.0. The minimum Gasteiger partial charge on any atom is -0.464 e. The van der Waals surface area contributed by atoms with Crippen LogP contribution in [0.2, 0.25) is 0 Å². The van der Waals surface area contributed by atoms with Gasteiger partial charge in [-0.05, 0) is 36.0 Å². The van der Waals surface area contributed by atoms with E-state index < -0.39 is 10.0 Å². The van der Waals surface area contributed by atoms with Crippen LogP contribution in [0.4, 0.5) is 0 Å². The maximum atomic E-state index is 13.3. The highest BCUT2D eigenvalue weighted by molar-refractivity contribution is 7.89. The monoisotopic (exact) mass is 394 g/mol. The number of hydrogen-bond acceptors (Lipinski definition) is 5. The molecule has 1 atom stereocenters. The third-order valence-corrected chi connectivity index (χ3v) is 7.75. The number of benzene rings is 1. The molecule has 0 aromatic heterocycles. The minimum absolute atomic E-state index is 0.0284. The van der Waals surface area contributed by atoms with Crippen molar-refractivity contribution in [1.29, 1.82) is 0 Å². The molecule has 1 aromatic rings. The fraction of sp³-hybridized carbons (Fsp3) is 0.650. The lowest BCUT2D eigenvalue weighted by molar-refractivity contribution is -0.142. The number of rotatable bonds is 3. The van der Waals surface area contributed by atoms with Crippen molar-refractivity contribution in [2.75, 3.05) is 32.8 Å². The van der Waals surface area contributed by atoms with Crippen LogP contribution in [-0.4, -0.2) is 62.4 Å². The molecule has 2 fully saturated rings. The zero-order chi connectivity index (χ0) is 20.0. The molecule has 27 heavy (non-hydrogen) atoms. The van der Waals surface area contributed by atoms with E-state index in [1.807, 2.05) is 30.9 Å². The average Bonchev–Trinajstić information content (AvgIpc) is 2.99. The van der Waals surface area contributed by atoms with Gasteiger partial charge in [0.1, 0.15) is 6.04 Å². The molecule has 150 valence electrons. The summed E-state index contributed by atoms with van der Waals surface area (Å²) in [7, 11) is -3.56. The third-order valence-electron chi connectivity index (χ3n) is 5.55. The Labute approximate surface area is 162 Å². The molecule has 0 amide bonds. The highest BCUT2D eigenvalue weighted by Crippen LogP contribution is 2.31. The Kier molecular flexibility index (Phi) is 5.40. The van der Waals surface area contributed by atoms with Gasteiger partial charge < -0.3 is 4.74 Å². The second-order valence-electron chi connectivity index (χ2n) is 8.60. The van der Waals surface area contributed by atoms with Crippen LogP contribution in [0.15, 0.2) is 17.0 Å². The number of cyclic esters (lactones) is 1. The average molecular weight is 395 g/mol. The lowest BCUT2D eigenvalue weighted by atomic mass is 9.85. The van der Waals surface area contributed by atoms with E-state index in [1.165, 1.54) is 0 Å². The van der Waals surface area contributed by atoms with E-state index >= 15 is 0 Å². The van der Waals surface area contributed by atoms with Crippen LogP contribution in [0.1, 0.15) is 43.9 Å². The summed E-state index contributed by atoms with van der Waals surface area (Å²) in [6.07, 6.45) is 0.693. The van der Waals surface area contributed by atoms with Gasteiger partial charge in [0.15, 0.2) is 0 Å². The molecule has 0 radical (unpaired) electrons. The van der Waals surface area contributed by atoms with Crippen LogP contribution in [0, 0.1) is 13.8 Å². The van der Waals surface area contributed by atoms with Crippen LogP contribution in [0.3, 0.4) is 0 Å².